The highest BCUT2D eigenvalue weighted by Gasteiger charge is 2.34. The number of amides is 2. The van der Waals surface area contributed by atoms with Crippen molar-refractivity contribution in [1.82, 2.24) is 4.90 Å². The minimum Gasteiger partial charge on any atom is -0.345 e. The van der Waals surface area contributed by atoms with E-state index in [1.165, 1.54) is 4.90 Å². The number of hydrogen-bond acceptors (Lipinski definition) is 3. The first-order valence-electron chi connectivity index (χ1n) is 6.80. The molecule has 1 aliphatic carbocycles. The van der Waals surface area contributed by atoms with Gasteiger partial charge in [-0.1, -0.05) is 6.07 Å². The van der Waals surface area contributed by atoms with Crippen molar-refractivity contribution in [3.63, 3.8) is 0 Å². The van der Waals surface area contributed by atoms with E-state index < -0.39 is 0 Å². The van der Waals surface area contributed by atoms with Crippen LogP contribution in [0.3, 0.4) is 0 Å². The summed E-state index contributed by atoms with van der Waals surface area (Å²) in [7, 11) is 3.39. The third kappa shape index (κ3) is 3.36. The number of hydrogen-bond donors (Lipinski definition) is 2. The molecule has 3 N–H and O–H groups in total. The lowest BCUT2D eigenvalue weighted by Gasteiger charge is -2.37. The number of nitrogens with zero attached hydrogens (tertiary/aromatic N) is 1. The van der Waals surface area contributed by atoms with Gasteiger partial charge in [0.15, 0.2) is 0 Å². The molecule has 5 nitrogen and oxygen atoms in total. The van der Waals surface area contributed by atoms with Gasteiger partial charge in [0.05, 0.1) is 0 Å². The molecule has 0 bridgehead atoms. The summed E-state index contributed by atoms with van der Waals surface area (Å²) in [6, 6.07) is 6.95. The highest BCUT2D eigenvalue weighted by Crippen LogP contribution is 2.32. The summed E-state index contributed by atoms with van der Waals surface area (Å²) in [6.07, 6.45) is 3.23. The van der Waals surface area contributed by atoms with Crippen molar-refractivity contribution in [1.29, 1.82) is 0 Å². The highest BCUT2D eigenvalue weighted by molar-refractivity contribution is 5.97. The average molecular weight is 275 g/mol. The Kier molecular flexibility index (Phi) is 4.09. The van der Waals surface area contributed by atoms with Crippen LogP contribution in [0.25, 0.3) is 0 Å². The van der Waals surface area contributed by atoms with E-state index in [9.17, 15) is 9.59 Å². The van der Waals surface area contributed by atoms with Gasteiger partial charge in [-0.15, -0.1) is 0 Å². The standard InChI is InChI=1S/C15H21N3O2/c1-18(2)14(20)11-5-3-6-12(9-11)17-13(19)10-15(16)7-4-8-15/h3,5-6,9H,4,7-8,10,16H2,1-2H3,(H,17,19). The van der Waals surface area contributed by atoms with Crippen LogP contribution >= 0.6 is 0 Å². The maximum absolute atomic E-state index is 11.9. The largest absolute Gasteiger partial charge is 0.345 e. The molecule has 108 valence electrons. The molecule has 0 heterocycles. The summed E-state index contributed by atoms with van der Waals surface area (Å²) < 4.78 is 0. The SMILES string of the molecule is CN(C)C(=O)c1cccc(NC(=O)CC2(N)CCC2)c1. The van der Waals surface area contributed by atoms with E-state index in [0.29, 0.717) is 17.7 Å². The average Bonchev–Trinajstić information content (AvgIpc) is 2.36. The van der Waals surface area contributed by atoms with E-state index in [1.54, 1.807) is 38.4 Å². The predicted molar refractivity (Wildman–Crippen MR) is 78.5 cm³/mol. The van der Waals surface area contributed by atoms with Crippen molar-refractivity contribution < 1.29 is 9.59 Å². The Balaban J connectivity index is 2.00. The fourth-order valence-electron chi connectivity index (χ4n) is 2.32. The van der Waals surface area contributed by atoms with Gasteiger partial charge >= 0.3 is 0 Å². The summed E-state index contributed by atoms with van der Waals surface area (Å²) >= 11 is 0. The summed E-state index contributed by atoms with van der Waals surface area (Å²) in [5, 5.41) is 2.81. The molecule has 2 amide bonds. The van der Waals surface area contributed by atoms with Gasteiger partial charge < -0.3 is 16.0 Å². The van der Waals surface area contributed by atoms with Crippen LogP contribution in [0, 0.1) is 0 Å². The number of carbonyl (C=O) groups is 2. The van der Waals surface area contributed by atoms with E-state index in [2.05, 4.69) is 5.32 Å². The van der Waals surface area contributed by atoms with Crippen molar-refractivity contribution in [3.05, 3.63) is 29.8 Å². The lowest BCUT2D eigenvalue weighted by molar-refractivity contribution is -0.118. The monoisotopic (exact) mass is 275 g/mol. The fraction of sp³-hybridized carbons (Fsp3) is 0.467. The van der Waals surface area contributed by atoms with Gasteiger partial charge in [-0.2, -0.15) is 0 Å². The second-order valence-corrected chi connectivity index (χ2v) is 5.72. The minimum atomic E-state index is -0.332. The van der Waals surface area contributed by atoms with Crippen molar-refractivity contribution in [2.45, 2.75) is 31.2 Å². The normalized spacial score (nSPS) is 16.1. The zero-order chi connectivity index (χ0) is 14.8. The molecular formula is C15H21N3O2. The molecule has 0 radical (unpaired) electrons. The first kappa shape index (κ1) is 14.5. The Morgan fingerprint density at radius 1 is 1.35 bits per heavy atom. The highest BCUT2D eigenvalue weighted by atomic mass is 16.2. The molecule has 1 fully saturated rings. The molecule has 0 aliphatic heterocycles. The van der Waals surface area contributed by atoms with E-state index in [4.69, 9.17) is 5.73 Å². The van der Waals surface area contributed by atoms with Gasteiger partial charge in [-0.25, -0.2) is 0 Å². The molecule has 1 aliphatic rings. The van der Waals surface area contributed by atoms with Crippen LogP contribution in [-0.2, 0) is 4.79 Å². The topological polar surface area (TPSA) is 75.4 Å². The first-order valence-corrected chi connectivity index (χ1v) is 6.80. The molecule has 0 unspecified atom stereocenters. The molecule has 0 saturated heterocycles. The molecule has 20 heavy (non-hydrogen) atoms. The molecule has 2 rings (SSSR count). The summed E-state index contributed by atoms with van der Waals surface area (Å²) in [4.78, 5) is 25.3. The van der Waals surface area contributed by atoms with Crippen LogP contribution in [0.2, 0.25) is 0 Å². The molecular weight excluding hydrogens is 254 g/mol. The van der Waals surface area contributed by atoms with Crippen molar-refractivity contribution in [2.75, 3.05) is 19.4 Å². The Morgan fingerprint density at radius 3 is 2.60 bits per heavy atom. The van der Waals surface area contributed by atoms with E-state index in [-0.39, 0.29) is 17.4 Å². The van der Waals surface area contributed by atoms with Crippen molar-refractivity contribution in [3.8, 4) is 0 Å². The smallest absolute Gasteiger partial charge is 0.253 e. The quantitative estimate of drug-likeness (QED) is 0.876. The maximum Gasteiger partial charge on any atom is 0.253 e. The van der Waals surface area contributed by atoms with Crippen LogP contribution in [0.15, 0.2) is 24.3 Å². The van der Waals surface area contributed by atoms with Gasteiger partial charge in [0.1, 0.15) is 0 Å². The fourth-order valence-corrected chi connectivity index (χ4v) is 2.32. The van der Waals surface area contributed by atoms with Crippen LogP contribution < -0.4 is 11.1 Å². The number of carbonyl (C=O) groups excluding carboxylic acids is 2. The predicted octanol–water partition coefficient (Wildman–Crippen LogP) is 1.60. The van der Waals surface area contributed by atoms with Gasteiger partial charge in [0.25, 0.3) is 5.91 Å². The lowest BCUT2D eigenvalue weighted by Crippen LogP contribution is -2.48. The first-order chi connectivity index (χ1) is 9.39. The molecule has 0 atom stereocenters. The van der Waals surface area contributed by atoms with Gasteiger partial charge in [0.2, 0.25) is 5.91 Å². The zero-order valence-corrected chi connectivity index (χ0v) is 12.0. The third-order valence-electron chi connectivity index (χ3n) is 3.66. The minimum absolute atomic E-state index is 0.0876. The summed E-state index contributed by atoms with van der Waals surface area (Å²) in [5.74, 6) is -0.183. The van der Waals surface area contributed by atoms with Gasteiger partial charge in [0, 0.05) is 37.3 Å². The van der Waals surface area contributed by atoms with E-state index >= 15 is 0 Å². The molecule has 1 aromatic rings. The maximum atomic E-state index is 11.9. The van der Waals surface area contributed by atoms with Crippen LogP contribution in [0.4, 0.5) is 5.69 Å². The summed E-state index contributed by atoms with van der Waals surface area (Å²) in [6.45, 7) is 0. The number of anilines is 1. The number of nitrogens with two attached hydrogens (primary N) is 1. The van der Waals surface area contributed by atoms with Gasteiger partial charge in [-0.05, 0) is 37.5 Å². The van der Waals surface area contributed by atoms with E-state index in [0.717, 1.165) is 19.3 Å². The number of nitrogens with one attached hydrogen (secondary N) is 1. The Bertz CT molecular complexity index is 522. The summed E-state index contributed by atoms with van der Waals surface area (Å²) in [5.41, 5.74) is 6.91. The Morgan fingerprint density at radius 2 is 2.05 bits per heavy atom. The molecule has 1 saturated carbocycles. The van der Waals surface area contributed by atoms with Crippen LogP contribution in [0.5, 0.6) is 0 Å². The third-order valence-corrected chi connectivity index (χ3v) is 3.66. The number of benzene rings is 1. The lowest BCUT2D eigenvalue weighted by atomic mass is 9.75. The van der Waals surface area contributed by atoms with Crippen LogP contribution in [-0.4, -0.2) is 36.3 Å². The number of rotatable bonds is 4. The Labute approximate surface area is 119 Å². The van der Waals surface area contributed by atoms with Crippen LogP contribution in [0.1, 0.15) is 36.0 Å². The zero-order valence-electron chi connectivity index (χ0n) is 12.0. The van der Waals surface area contributed by atoms with E-state index in [1.807, 2.05) is 0 Å². The van der Waals surface area contributed by atoms with Crippen molar-refractivity contribution in [2.24, 2.45) is 5.73 Å². The molecule has 5 heteroatoms. The Hall–Kier alpha value is -1.88. The molecule has 1 aromatic carbocycles. The molecule has 0 spiro atoms. The second kappa shape index (κ2) is 5.63. The second-order valence-electron chi connectivity index (χ2n) is 5.72. The molecule has 0 aromatic heterocycles. The van der Waals surface area contributed by atoms with Crippen molar-refractivity contribution >= 4 is 17.5 Å². The van der Waals surface area contributed by atoms with Gasteiger partial charge in [-0.3, -0.25) is 9.59 Å².